The van der Waals surface area contributed by atoms with E-state index in [4.69, 9.17) is 5.11 Å². The van der Waals surface area contributed by atoms with Gasteiger partial charge in [-0.15, -0.1) is 0 Å². The molecule has 7 nitrogen and oxygen atoms in total. The highest BCUT2D eigenvalue weighted by atomic mass is 16.6. The van der Waals surface area contributed by atoms with Crippen molar-refractivity contribution in [3.63, 3.8) is 0 Å². The first-order chi connectivity index (χ1) is 9.97. The van der Waals surface area contributed by atoms with Crippen molar-refractivity contribution >= 4 is 17.5 Å². The molecule has 1 aromatic heterocycles. The number of pyridine rings is 1. The SMILES string of the molecule is Cc1cccc(CNc2cc(C(=O)O)c([N+](=O)[O-])cn2)c1. The Morgan fingerprint density at radius 1 is 1.43 bits per heavy atom. The minimum atomic E-state index is -1.36. The summed E-state index contributed by atoms with van der Waals surface area (Å²) in [6, 6.07) is 8.95. The quantitative estimate of drug-likeness (QED) is 0.646. The average Bonchev–Trinajstić information content (AvgIpc) is 2.44. The molecule has 0 unspecified atom stereocenters. The van der Waals surface area contributed by atoms with E-state index in [1.807, 2.05) is 31.2 Å². The molecule has 0 atom stereocenters. The minimum absolute atomic E-state index is 0.277. The third kappa shape index (κ3) is 3.53. The highest BCUT2D eigenvalue weighted by molar-refractivity contribution is 5.93. The van der Waals surface area contributed by atoms with Crippen molar-refractivity contribution < 1.29 is 14.8 Å². The van der Waals surface area contributed by atoms with E-state index < -0.39 is 16.6 Å². The molecule has 2 N–H and O–H groups in total. The molecule has 108 valence electrons. The lowest BCUT2D eigenvalue weighted by Gasteiger charge is -2.07. The van der Waals surface area contributed by atoms with Crippen LogP contribution in [0.5, 0.6) is 0 Å². The number of aromatic nitrogens is 1. The number of carboxylic acid groups (broad SMARTS) is 1. The zero-order valence-corrected chi connectivity index (χ0v) is 11.2. The molecule has 0 fully saturated rings. The Morgan fingerprint density at radius 2 is 2.19 bits per heavy atom. The van der Waals surface area contributed by atoms with Crippen LogP contribution in [-0.4, -0.2) is 21.0 Å². The number of aromatic carboxylic acids is 1. The summed E-state index contributed by atoms with van der Waals surface area (Å²) in [5, 5.41) is 22.7. The summed E-state index contributed by atoms with van der Waals surface area (Å²) in [6.45, 7) is 2.42. The number of aryl methyl sites for hydroxylation is 1. The second kappa shape index (κ2) is 6.00. The standard InChI is InChI=1S/C14H13N3O4/c1-9-3-2-4-10(5-9)7-15-13-6-11(14(18)19)12(8-16-13)17(20)21/h2-6,8H,7H2,1H3,(H,15,16)(H,18,19). The molecule has 2 rings (SSSR count). The summed E-state index contributed by atoms with van der Waals surface area (Å²) >= 11 is 0. The number of nitrogens with zero attached hydrogens (tertiary/aromatic N) is 2. The number of carbonyl (C=O) groups is 1. The number of nitrogens with one attached hydrogen (secondary N) is 1. The summed E-state index contributed by atoms with van der Waals surface area (Å²) in [4.78, 5) is 24.9. The molecule has 0 radical (unpaired) electrons. The van der Waals surface area contributed by atoms with Crippen LogP contribution >= 0.6 is 0 Å². The average molecular weight is 287 g/mol. The van der Waals surface area contributed by atoms with E-state index in [-0.39, 0.29) is 11.4 Å². The van der Waals surface area contributed by atoms with Gasteiger partial charge in [0.05, 0.1) is 4.92 Å². The van der Waals surface area contributed by atoms with Gasteiger partial charge in [0.15, 0.2) is 0 Å². The summed E-state index contributed by atoms with van der Waals surface area (Å²) in [7, 11) is 0. The molecule has 7 heteroatoms. The topological polar surface area (TPSA) is 105 Å². The van der Waals surface area contributed by atoms with Gasteiger partial charge in [-0.1, -0.05) is 29.8 Å². The maximum atomic E-state index is 11.0. The number of hydrogen-bond donors (Lipinski definition) is 2. The fourth-order valence-corrected chi connectivity index (χ4v) is 1.88. The molecule has 0 aliphatic heterocycles. The number of carboxylic acids is 1. The minimum Gasteiger partial charge on any atom is -0.477 e. The lowest BCUT2D eigenvalue weighted by Crippen LogP contribution is -2.07. The number of rotatable bonds is 5. The maximum absolute atomic E-state index is 11.0. The van der Waals surface area contributed by atoms with E-state index in [1.54, 1.807) is 0 Å². The Labute approximate surface area is 120 Å². The fourth-order valence-electron chi connectivity index (χ4n) is 1.88. The molecule has 0 saturated carbocycles. The first-order valence-electron chi connectivity index (χ1n) is 6.14. The van der Waals surface area contributed by atoms with Gasteiger partial charge in [0.25, 0.3) is 0 Å². The van der Waals surface area contributed by atoms with Crippen molar-refractivity contribution in [3.05, 3.63) is 63.3 Å². The Morgan fingerprint density at radius 3 is 2.81 bits per heavy atom. The van der Waals surface area contributed by atoms with Crippen LogP contribution in [0.4, 0.5) is 11.5 Å². The van der Waals surface area contributed by atoms with E-state index in [2.05, 4.69) is 10.3 Å². The van der Waals surface area contributed by atoms with Crippen LogP contribution in [0.1, 0.15) is 21.5 Å². The first-order valence-corrected chi connectivity index (χ1v) is 6.14. The van der Waals surface area contributed by atoms with Gasteiger partial charge >= 0.3 is 11.7 Å². The van der Waals surface area contributed by atoms with Gasteiger partial charge in [0.2, 0.25) is 0 Å². The van der Waals surface area contributed by atoms with Gasteiger partial charge in [0, 0.05) is 12.6 Å². The van der Waals surface area contributed by atoms with Crippen LogP contribution in [0.3, 0.4) is 0 Å². The van der Waals surface area contributed by atoms with Crippen molar-refractivity contribution in [2.75, 3.05) is 5.32 Å². The van der Waals surface area contributed by atoms with Crippen LogP contribution < -0.4 is 5.32 Å². The van der Waals surface area contributed by atoms with Crippen LogP contribution in [0.25, 0.3) is 0 Å². The number of hydrogen-bond acceptors (Lipinski definition) is 5. The predicted octanol–water partition coefficient (Wildman–Crippen LogP) is 2.61. The van der Waals surface area contributed by atoms with E-state index >= 15 is 0 Å². The fraction of sp³-hybridized carbons (Fsp3) is 0.143. The smallest absolute Gasteiger partial charge is 0.342 e. The van der Waals surface area contributed by atoms with Gasteiger partial charge in [-0.2, -0.15) is 0 Å². The highest BCUT2D eigenvalue weighted by Crippen LogP contribution is 2.20. The molecule has 0 aliphatic rings. The largest absolute Gasteiger partial charge is 0.477 e. The van der Waals surface area contributed by atoms with Crippen LogP contribution in [0, 0.1) is 17.0 Å². The van der Waals surface area contributed by atoms with Gasteiger partial charge < -0.3 is 10.4 Å². The second-order valence-corrected chi connectivity index (χ2v) is 4.49. The predicted molar refractivity (Wildman–Crippen MR) is 76.4 cm³/mol. The molecule has 0 amide bonds. The van der Waals surface area contributed by atoms with E-state index in [0.717, 1.165) is 23.4 Å². The number of anilines is 1. The van der Waals surface area contributed by atoms with E-state index in [9.17, 15) is 14.9 Å². The molecule has 0 saturated heterocycles. The maximum Gasteiger partial charge on any atom is 0.342 e. The summed E-state index contributed by atoms with van der Waals surface area (Å²) in [5.74, 6) is -1.08. The molecule has 0 aliphatic carbocycles. The lowest BCUT2D eigenvalue weighted by atomic mass is 10.1. The Balaban J connectivity index is 2.19. The van der Waals surface area contributed by atoms with E-state index in [1.165, 1.54) is 0 Å². The zero-order chi connectivity index (χ0) is 15.4. The Hall–Kier alpha value is -2.96. The van der Waals surface area contributed by atoms with Gasteiger partial charge in [0.1, 0.15) is 17.6 Å². The van der Waals surface area contributed by atoms with Gasteiger partial charge in [-0.25, -0.2) is 9.78 Å². The van der Waals surface area contributed by atoms with Gasteiger partial charge in [-0.3, -0.25) is 10.1 Å². The van der Waals surface area contributed by atoms with Crippen molar-refractivity contribution in [1.82, 2.24) is 4.98 Å². The second-order valence-electron chi connectivity index (χ2n) is 4.49. The summed E-state index contributed by atoms with van der Waals surface area (Å²) in [6.07, 6.45) is 0.946. The third-order valence-electron chi connectivity index (χ3n) is 2.87. The summed E-state index contributed by atoms with van der Waals surface area (Å²) < 4.78 is 0. The van der Waals surface area contributed by atoms with Crippen molar-refractivity contribution in [2.45, 2.75) is 13.5 Å². The zero-order valence-electron chi connectivity index (χ0n) is 11.2. The summed E-state index contributed by atoms with van der Waals surface area (Å²) in [5.41, 5.74) is 1.20. The van der Waals surface area contributed by atoms with Crippen molar-refractivity contribution in [1.29, 1.82) is 0 Å². The first kappa shape index (κ1) is 14.4. The van der Waals surface area contributed by atoms with Crippen molar-refractivity contribution in [2.24, 2.45) is 0 Å². The Bertz CT molecular complexity index is 700. The monoisotopic (exact) mass is 287 g/mol. The molecule has 1 aromatic carbocycles. The highest BCUT2D eigenvalue weighted by Gasteiger charge is 2.20. The number of nitro groups is 1. The van der Waals surface area contributed by atoms with E-state index in [0.29, 0.717) is 6.54 Å². The molecular weight excluding hydrogens is 274 g/mol. The van der Waals surface area contributed by atoms with Crippen LogP contribution in [0.15, 0.2) is 36.5 Å². The molecular formula is C14H13N3O4. The molecule has 2 aromatic rings. The van der Waals surface area contributed by atoms with Gasteiger partial charge in [-0.05, 0) is 12.5 Å². The number of benzene rings is 1. The van der Waals surface area contributed by atoms with Crippen LogP contribution in [0.2, 0.25) is 0 Å². The van der Waals surface area contributed by atoms with Crippen molar-refractivity contribution in [3.8, 4) is 0 Å². The molecule has 21 heavy (non-hydrogen) atoms. The Kier molecular flexibility index (Phi) is 4.13. The lowest BCUT2D eigenvalue weighted by molar-refractivity contribution is -0.385. The third-order valence-corrected chi connectivity index (χ3v) is 2.87. The molecule has 0 bridgehead atoms. The van der Waals surface area contributed by atoms with Crippen LogP contribution in [-0.2, 0) is 6.54 Å². The molecule has 1 heterocycles. The normalized spacial score (nSPS) is 10.1. The molecule has 0 spiro atoms.